The Bertz CT molecular complexity index is 145. The van der Waals surface area contributed by atoms with E-state index in [9.17, 15) is 9.59 Å². The van der Waals surface area contributed by atoms with Crippen LogP contribution in [0.3, 0.4) is 0 Å². The molecule has 0 radical (unpaired) electrons. The van der Waals surface area contributed by atoms with Crippen LogP contribution in [0.25, 0.3) is 0 Å². The zero-order valence-electron chi connectivity index (χ0n) is 4.98. The summed E-state index contributed by atoms with van der Waals surface area (Å²) >= 11 is 0. The molecule has 0 fully saturated rings. The van der Waals surface area contributed by atoms with Gasteiger partial charge in [-0.3, -0.25) is 9.63 Å². The van der Waals surface area contributed by atoms with Gasteiger partial charge in [-0.2, -0.15) is 0 Å². The second kappa shape index (κ2) is 3.80. The molecule has 1 unspecified atom stereocenters. The Kier molecular flexibility index (Phi) is 3.37. The first-order valence-electron chi connectivity index (χ1n) is 2.38. The summed E-state index contributed by atoms with van der Waals surface area (Å²) in [5, 5.41) is 16.2. The van der Waals surface area contributed by atoms with E-state index >= 15 is 0 Å². The average molecular weight is 149 g/mol. The average Bonchev–Trinajstić information content (AvgIpc) is 1.81. The van der Waals surface area contributed by atoms with E-state index in [1.165, 1.54) is 0 Å². The van der Waals surface area contributed by atoms with Crippen molar-refractivity contribution in [3.05, 3.63) is 0 Å². The molecule has 1 atom stereocenters. The normalized spacial score (nSPS) is 12.5. The summed E-state index contributed by atoms with van der Waals surface area (Å²) in [4.78, 5) is 23.7. The number of rotatable bonds is 4. The lowest BCUT2D eigenvalue weighted by atomic mass is 10.3. The summed E-state index contributed by atoms with van der Waals surface area (Å²) in [6.45, 7) is 0. The van der Waals surface area contributed by atoms with Gasteiger partial charge >= 0.3 is 11.9 Å². The molecule has 6 nitrogen and oxygen atoms in total. The monoisotopic (exact) mass is 149 g/mol. The van der Waals surface area contributed by atoms with Gasteiger partial charge < -0.3 is 10.2 Å². The predicted molar refractivity (Wildman–Crippen MR) is 28.9 cm³/mol. The molecule has 10 heavy (non-hydrogen) atoms. The minimum atomic E-state index is -1.46. The highest BCUT2D eigenvalue weighted by atomic mass is 16.6. The molecule has 0 heterocycles. The third-order valence-electron chi connectivity index (χ3n) is 0.800. The summed E-state index contributed by atoms with van der Waals surface area (Å²) in [6, 6.07) is 0. The quantitative estimate of drug-likeness (QED) is 0.433. The van der Waals surface area contributed by atoms with Crippen molar-refractivity contribution in [2.45, 2.75) is 12.5 Å². The Hall–Kier alpha value is -1.14. The van der Waals surface area contributed by atoms with Gasteiger partial charge in [-0.15, -0.1) is 0 Å². The third-order valence-corrected chi connectivity index (χ3v) is 0.800. The van der Waals surface area contributed by atoms with Gasteiger partial charge in [-0.05, 0) is 0 Å². The molecule has 0 spiro atoms. The number of aliphatic carboxylic acids is 2. The van der Waals surface area contributed by atoms with E-state index in [0.717, 1.165) is 0 Å². The molecule has 6 heteroatoms. The summed E-state index contributed by atoms with van der Waals surface area (Å²) in [5.41, 5.74) is 0. The molecule has 0 aliphatic rings. The summed E-state index contributed by atoms with van der Waals surface area (Å²) < 4.78 is 0. The Labute approximate surface area is 56.2 Å². The molecule has 0 aromatic carbocycles. The minimum absolute atomic E-state index is 0.633. The van der Waals surface area contributed by atoms with Crippen molar-refractivity contribution in [2.24, 2.45) is 5.90 Å². The van der Waals surface area contributed by atoms with Crippen molar-refractivity contribution in [2.75, 3.05) is 0 Å². The topological polar surface area (TPSA) is 110 Å². The van der Waals surface area contributed by atoms with Crippen molar-refractivity contribution < 1.29 is 24.6 Å². The number of carbonyl (C=O) groups is 2. The lowest BCUT2D eigenvalue weighted by Gasteiger charge is -2.04. The molecule has 0 amide bonds. The fourth-order valence-electron chi connectivity index (χ4n) is 0.352. The van der Waals surface area contributed by atoms with Crippen LogP contribution >= 0.6 is 0 Å². The van der Waals surface area contributed by atoms with E-state index in [1.807, 2.05) is 0 Å². The molecule has 58 valence electrons. The summed E-state index contributed by atoms with van der Waals surface area (Å²) in [6.07, 6.45) is -2.09. The van der Waals surface area contributed by atoms with Crippen LogP contribution < -0.4 is 5.90 Å². The largest absolute Gasteiger partial charge is 0.481 e. The lowest BCUT2D eigenvalue weighted by molar-refractivity contribution is -0.157. The number of hydrogen-bond donors (Lipinski definition) is 3. The third kappa shape index (κ3) is 3.00. The molecule has 0 aliphatic carbocycles. The highest BCUT2D eigenvalue weighted by molar-refractivity contribution is 5.79. The molecular formula is C4H7NO5. The lowest BCUT2D eigenvalue weighted by Crippen LogP contribution is -2.29. The fraction of sp³-hybridized carbons (Fsp3) is 0.500. The first kappa shape index (κ1) is 8.86. The Morgan fingerprint density at radius 3 is 2.10 bits per heavy atom. The molecule has 0 bridgehead atoms. The number of hydrogen-bond acceptors (Lipinski definition) is 4. The molecule has 0 saturated carbocycles. The van der Waals surface area contributed by atoms with Crippen LogP contribution in [0.15, 0.2) is 0 Å². The highest BCUT2D eigenvalue weighted by Crippen LogP contribution is 1.94. The van der Waals surface area contributed by atoms with Crippen LogP contribution in [0.4, 0.5) is 0 Å². The fourth-order valence-corrected chi connectivity index (χ4v) is 0.352. The maximum absolute atomic E-state index is 10.00. The first-order chi connectivity index (χ1) is 4.57. The number of nitrogens with two attached hydrogens (primary N) is 1. The first-order valence-corrected chi connectivity index (χ1v) is 2.38. The van der Waals surface area contributed by atoms with Crippen LogP contribution in [-0.2, 0) is 14.4 Å². The van der Waals surface area contributed by atoms with Crippen LogP contribution in [0, 0.1) is 0 Å². The second-order valence-corrected chi connectivity index (χ2v) is 1.56. The molecule has 0 saturated heterocycles. The highest BCUT2D eigenvalue weighted by Gasteiger charge is 2.20. The Morgan fingerprint density at radius 2 is 2.00 bits per heavy atom. The van der Waals surface area contributed by atoms with E-state index in [0.29, 0.717) is 0 Å². The van der Waals surface area contributed by atoms with Gasteiger partial charge in [-0.25, -0.2) is 10.7 Å². The SMILES string of the molecule is NOC(CC(=O)O)C(=O)O. The van der Waals surface area contributed by atoms with Gasteiger partial charge in [0.05, 0.1) is 6.42 Å². The maximum Gasteiger partial charge on any atom is 0.335 e. The maximum atomic E-state index is 10.00. The van der Waals surface area contributed by atoms with E-state index < -0.39 is 24.5 Å². The van der Waals surface area contributed by atoms with Gasteiger partial charge in [0.1, 0.15) is 0 Å². The number of carboxylic acids is 2. The summed E-state index contributed by atoms with van der Waals surface area (Å²) in [7, 11) is 0. The van der Waals surface area contributed by atoms with Gasteiger partial charge in [-0.1, -0.05) is 0 Å². The smallest absolute Gasteiger partial charge is 0.335 e. The van der Waals surface area contributed by atoms with E-state index in [2.05, 4.69) is 10.7 Å². The molecular weight excluding hydrogens is 142 g/mol. The van der Waals surface area contributed by atoms with E-state index in [1.54, 1.807) is 0 Å². The van der Waals surface area contributed by atoms with E-state index in [-0.39, 0.29) is 0 Å². The molecule has 0 aliphatic heterocycles. The molecule has 0 aromatic heterocycles. The Morgan fingerprint density at radius 1 is 1.50 bits per heavy atom. The second-order valence-electron chi connectivity index (χ2n) is 1.56. The number of carboxylic acid groups (broad SMARTS) is 2. The summed E-state index contributed by atoms with van der Waals surface area (Å²) in [5.74, 6) is 1.83. The van der Waals surface area contributed by atoms with Crippen molar-refractivity contribution in [3.8, 4) is 0 Å². The van der Waals surface area contributed by atoms with Crippen molar-refractivity contribution in [3.63, 3.8) is 0 Å². The van der Waals surface area contributed by atoms with Crippen LogP contribution in [0.2, 0.25) is 0 Å². The standard InChI is InChI=1S/C4H7NO5/c5-10-2(4(8)9)1-3(6)7/h2H,1,5H2,(H,6,7)(H,8,9). The molecule has 4 N–H and O–H groups in total. The zero-order chi connectivity index (χ0) is 8.15. The van der Waals surface area contributed by atoms with Crippen molar-refractivity contribution >= 4 is 11.9 Å². The van der Waals surface area contributed by atoms with E-state index in [4.69, 9.17) is 10.2 Å². The predicted octanol–water partition coefficient (Wildman–Crippen LogP) is -1.20. The van der Waals surface area contributed by atoms with Gasteiger partial charge in [0.25, 0.3) is 0 Å². The zero-order valence-corrected chi connectivity index (χ0v) is 4.98. The van der Waals surface area contributed by atoms with Gasteiger partial charge in [0, 0.05) is 0 Å². The van der Waals surface area contributed by atoms with Crippen LogP contribution in [0.1, 0.15) is 6.42 Å². The van der Waals surface area contributed by atoms with Crippen molar-refractivity contribution in [1.82, 2.24) is 0 Å². The Balaban J connectivity index is 3.83. The van der Waals surface area contributed by atoms with Gasteiger partial charge in [0.15, 0.2) is 6.10 Å². The molecule has 0 rings (SSSR count). The van der Waals surface area contributed by atoms with Gasteiger partial charge in [0.2, 0.25) is 0 Å². The van der Waals surface area contributed by atoms with Crippen LogP contribution in [0.5, 0.6) is 0 Å². The van der Waals surface area contributed by atoms with Crippen molar-refractivity contribution in [1.29, 1.82) is 0 Å². The minimum Gasteiger partial charge on any atom is -0.481 e. The molecule has 0 aromatic rings. The van der Waals surface area contributed by atoms with Crippen LogP contribution in [-0.4, -0.2) is 28.3 Å².